The van der Waals surface area contributed by atoms with E-state index in [1.165, 1.54) is 24.3 Å². The summed E-state index contributed by atoms with van der Waals surface area (Å²) in [6.07, 6.45) is 0.294. The number of aliphatic hydroxyl groups excluding tert-OH is 1. The topological polar surface area (TPSA) is 123 Å². The van der Waals surface area contributed by atoms with Gasteiger partial charge in [-0.15, -0.1) is 0 Å². The molecule has 0 bridgehead atoms. The van der Waals surface area contributed by atoms with Gasteiger partial charge >= 0.3 is 6.09 Å². The molecular formula is C25H27FN4O5. The number of aliphatic hydroxyl groups is 1. The van der Waals surface area contributed by atoms with Crippen molar-refractivity contribution < 1.29 is 23.8 Å². The second-order valence-electron chi connectivity index (χ2n) is 8.18. The van der Waals surface area contributed by atoms with Crippen molar-refractivity contribution >= 4 is 17.7 Å². The van der Waals surface area contributed by atoms with Crippen molar-refractivity contribution in [3.63, 3.8) is 0 Å². The number of carbonyl (C=O) groups excluding carboxylic acids is 2. The van der Waals surface area contributed by atoms with Crippen LogP contribution in [0, 0.1) is 11.7 Å². The van der Waals surface area contributed by atoms with Crippen LogP contribution in [0.1, 0.15) is 19.4 Å². The molecule has 0 spiro atoms. The van der Waals surface area contributed by atoms with Gasteiger partial charge in [-0.2, -0.15) is 0 Å². The Morgan fingerprint density at radius 3 is 2.43 bits per heavy atom. The number of rotatable bonds is 9. The number of halogens is 1. The highest BCUT2D eigenvalue weighted by molar-refractivity contribution is 5.84. The molecule has 0 radical (unpaired) electrons. The van der Waals surface area contributed by atoms with Crippen molar-refractivity contribution in [2.24, 2.45) is 5.92 Å². The number of aromatic nitrogens is 2. The van der Waals surface area contributed by atoms with E-state index in [2.05, 4.69) is 15.6 Å². The number of amides is 2. The smallest absolute Gasteiger partial charge is 0.412 e. The lowest BCUT2D eigenvalue weighted by Gasteiger charge is -2.21. The minimum Gasteiger partial charge on any atom is -0.444 e. The number of benzene rings is 2. The predicted octanol–water partition coefficient (Wildman–Crippen LogP) is 2.93. The van der Waals surface area contributed by atoms with Crippen LogP contribution >= 0.6 is 0 Å². The fraction of sp³-hybridized carbons (Fsp3) is 0.280. The normalized spacial score (nSPS) is 11.7. The average molecular weight is 483 g/mol. The van der Waals surface area contributed by atoms with Gasteiger partial charge in [-0.05, 0) is 35.7 Å². The van der Waals surface area contributed by atoms with Crippen molar-refractivity contribution in [1.82, 2.24) is 14.9 Å². The minimum absolute atomic E-state index is 0.00209. The lowest BCUT2D eigenvalue weighted by molar-refractivity contribution is -0.123. The van der Waals surface area contributed by atoms with E-state index in [9.17, 15) is 23.9 Å². The van der Waals surface area contributed by atoms with E-state index in [0.717, 1.165) is 16.3 Å². The Bertz CT molecular complexity index is 1210. The van der Waals surface area contributed by atoms with Gasteiger partial charge in [-0.25, -0.2) is 14.2 Å². The Kier molecular flexibility index (Phi) is 8.69. The molecule has 1 unspecified atom stereocenters. The average Bonchev–Trinajstić information content (AvgIpc) is 2.85. The molecule has 0 aliphatic heterocycles. The van der Waals surface area contributed by atoms with Gasteiger partial charge in [0.2, 0.25) is 5.91 Å². The molecule has 184 valence electrons. The van der Waals surface area contributed by atoms with Gasteiger partial charge in [0.15, 0.2) is 0 Å². The van der Waals surface area contributed by atoms with E-state index in [-0.39, 0.29) is 30.6 Å². The van der Waals surface area contributed by atoms with Crippen LogP contribution in [-0.4, -0.2) is 39.3 Å². The third-order valence-corrected chi connectivity index (χ3v) is 5.25. The third kappa shape index (κ3) is 6.97. The maximum absolute atomic E-state index is 13.4. The first-order valence-electron chi connectivity index (χ1n) is 11.0. The van der Waals surface area contributed by atoms with Crippen molar-refractivity contribution in [2.75, 3.05) is 11.9 Å². The highest BCUT2D eigenvalue weighted by Crippen LogP contribution is 2.17. The quantitative estimate of drug-likeness (QED) is 0.431. The summed E-state index contributed by atoms with van der Waals surface area (Å²) in [5, 5.41) is 14.6. The van der Waals surface area contributed by atoms with Gasteiger partial charge in [0, 0.05) is 5.56 Å². The summed E-state index contributed by atoms with van der Waals surface area (Å²) in [6.45, 7) is 2.98. The summed E-state index contributed by atoms with van der Waals surface area (Å²) >= 11 is 0. The van der Waals surface area contributed by atoms with Crippen LogP contribution in [0.15, 0.2) is 65.6 Å². The van der Waals surface area contributed by atoms with Gasteiger partial charge in [0.1, 0.15) is 30.5 Å². The lowest BCUT2D eigenvalue weighted by Crippen LogP contribution is -2.44. The summed E-state index contributed by atoms with van der Waals surface area (Å²) < 4.78 is 19.6. The summed E-state index contributed by atoms with van der Waals surface area (Å²) in [5.41, 5.74) is 0.280. The highest BCUT2D eigenvalue weighted by atomic mass is 19.1. The van der Waals surface area contributed by atoms with Crippen LogP contribution in [0.5, 0.6) is 0 Å². The van der Waals surface area contributed by atoms with Gasteiger partial charge < -0.3 is 15.2 Å². The molecule has 0 fully saturated rings. The van der Waals surface area contributed by atoms with E-state index in [0.29, 0.717) is 5.56 Å². The van der Waals surface area contributed by atoms with Crippen LogP contribution in [-0.2, 0) is 22.7 Å². The van der Waals surface area contributed by atoms with Crippen molar-refractivity contribution in [3.8, 4) is 11.4 Å². The number of hydrogen-bond acceptors (Lipinski definition) is 6. The summed E-state index contributed by atoms with van der Waals surface area (Å²) in [6, 6.07) is 13.8. The largest absolute Gasteiger partial charge is 0.444 e. The first-order valence-corrected chi connectivity index (χ1v) is 11.0. The Labute approximate surface area is 201 Å². The highest BCUT2D eigenvalue weighted by Gasteiger charge is 2.20. The zero-order valence-corrected chi connectivity index (χ0v) is 19.4. The first kappa shape index (κ1) is 25.6. The molecule has 3 aromatic rings. The van der Waals surface area contributed by atoms with Crippen LogP contribution in [0.25, 0.3) is 11.4 Å². The summed E-state index contributed by atoms with van der Waals surface area (Å²) in [4.78, 5) is 42.4. The summed E-state index contributed by atoms with van der Waals surface area (Å²) in [7, 11) is 0. The van der Waals surface area contributed by atoms with Gasteiger partial charge in [0.05, 0.1) is 18.8 Å². The second kappa shape index (κ2) is 11.9. The number of ether oxygens (including phenoxy) is 1. The molecule has 3 N–H and O–H groups in total. The van der Waals surface area contributed by atoms with E-state index in [1.54, 1.807) is 24.3 Å². The molecule has 1 atom stereocenters. The molecule has 0 aliphatic rings. The molecule has 10 heteroatoms. The molecule has 3 rings (SSSR count). The maximum atomic E-state index is 13.4. The van der Waals surface area contributed by atoms with Gasteiger partial charge in [0.25, 0.3) is 5.56 Å². The fourth-order valence-electron chi connectivity index (χ4n) is 3.24. The second-order valence-corrected chi connectivity index (χ2v) is 8.18. The fourth-order valence-corrected chi connectivity index (χ4v) is 3.24. The number of nitrogens with zero attached hydrogens (tertiary/aromatic N) is 2. The first-order chi connectivity index (χ1) is 16.8. The van der Waals surface area contributed by atoms with E-state index in [4.69, 9.17) is 4.74 Å². The minimum atomic E-state index is -0.863. The number of anilines is 1. The number of carbonyl (C=O) groups is 2. The van der Waals surface area contributed by atoms with Gasteiger partial charge in [-0.1, -0.05) is 44.2 Å². The molecule has 1 aromatic heterocycles. The zero-order chi connectivity index (χ0) is 25.4. The van der Waals surface area contributed by atoms with E-state index >= 15 is 0 Å². The van der Waals surface area contributed by atoms with Crippen molar-refractivity contribution in [1.29, 1.82) is 0 Å². The maximum Gasteiger partial charge on any atom is 0.412 e. The Hall–Kier alpha value is -4.05. The number of nitrogens with one attached hydrogen (secondary N) is 2. The van der Waals surface area contributed by atoms with Gasteiger partial charge in [-0.3, -0.25) is 19.5 Å². The standard InChI is InChI=1S/C25H27FN4O5/c1-16(2)21(14-31)28-22(32)13-30-23(18-8-10-19(26)11-9-18)27-12-20(24(30)33)29-25(34)35-15-17-6-4-3-5-7-17/h3-12,16,21,31H,13-15H2,1-2H3,(H,28,32)(H,29,34). The molecule has 0 aliphatic carbocycles. The molecule has 2 amide bonds. The zero-order valence-electron chi connectivity index (χ0n) is 19.4. The Morgan fingerprint density at radius 1 is 1.11 bits per heavy atom. The third-order valence-electron chi connectivity index (χ3n) is 5.25. The van der Waals surface area contributed by atoms with Crippen molar-refractivity contribution in [3.05, 3.63) is 82.5 Å². The van der Waals surface area contributed by atoms with Crippen LogP contribution < -0.4 is 16.2 Å². The lowest BCUT2D eigenvalue weighted by atomic mass is 10.1. The molecule has 2 aromatic carbocycles. The molecule has 0 saturated carbocycles. The van der Waals surface area contributed by atoms with Crippen LogP contribution in [0.2, 0.25) is 0 Å². The molecule has 9 nitrogen and oxygen atoms in total. The molecule has 0 saturated heterocycles. The van der Waals surface area contributed by atoms with E-state index in [1.807, 2.05) is 19.9 Å². The molecule has 1 heterocycles. The Morgan fingerprint density at radius 2 is 1.80 bits per heavy atom. The van der Waals surface area contributed by atoms with Crippen LogP contribution in [0.4, 0.5) is 14.9 Å². The predicted molar refractivity (Wildman–Crippen MR) is 128 cm³/mol. The monoisotopic (exact) mass is 482 g/mol. The van der Waals surface area contributed by atoms with Crippen molar-refractivity contribution in [2.45, 2.75) is 33.0 Å². The molecule has 35 heavy (non-hydrogen) atoms. The SMILES string of the molecule is CC(C)C(CO)NC(=O)Cn1c(-c2ccc(F)cc2)ncc(NC(=O)OCc2ccccc2)c1=O. The van der Waals surface area contributed by atoms with Crippen LogP contribution in [0.3, 0.4) is 0 Å². The number of hydrogen-bond donors (Lipinski definition) is 3. The Balaban J connectivity index is 1.86. The van der Waals surface area contributed by atoms with E-state index < -0.39 is 36.0 Å². The molecular weight excluding hydrogens is 455 g/mol. The summed E-state index contributed by atoms with van der Waals surface area (Å²) in [5.74, 6) is -0.933.